The van der Waals surface area contributed by atoms with Gasteiger partial charge in [0.1, 0.15) is 0 Å². The van der Waals surface area contributed by atoms with Crippen molar-refractivity contribution in [2.45, 2.75) is 20.8 Å². The molecule has 1 heterocycles. The molecule has 0 spiro atoms. The van der Waals surface area contributed by atoms with Crippen LogP contribution in [0.15, 0.2) is 206 Å². The minimum Gasteiger partial charge on any atom is -0.355 e. The number of nitrogens with zero attached hydrogens (tertiary/aromatic N) is 1. The third kappa shape index (κ3) is 6.73. The molecular formula is C59H45BN2. The fourth-order valence-electron chi connectivity index (χ4n) is 9.66. The Hall–Kier alpha value is -7.62. The second kappa shape index (κ2) is 15.4. The first-order valence-electron chi connectivity index (χ1n) is 21.6. The molecule has 1 aliphatic heterocycles. The Morgan fingerprint density at radius 2 is 0.919 bits per heavy atom. The number of hydrogen-bond donors (Lipinski definition) is 1. The molecule has 10 aromatic rings. The molecule has 10 aromatic carbocycles. The molecule has 0 bridgehead atoms. The van der Waals surface area contributed by atoms with Crippen LogP contribution in [0.3, 0.4) is 0 Å². The maximum atomic E-state index is 3.94. The highest BCUT2D eigenvalue weighted by molar-refractivity contribution is 6.73. The van der Waals surface area contributed by atoms with Gasteiger partial charge in [-0.2, -0.15) is 0 Å². The molecular weight excluding hydrogens is 747 g/mol. The van der Waals surface area contributed by atoms with Crippen LogP contribution in [-0.2, 0) is 0 Å². The minimum absolute atomic E-state index is 0.795. The van der Waals surface area contributed by atoms with Gasteiger partial charge in [0, 0.05) is 34.0 Å². The van der Waals surface area contributed by atoms with Crippen molar-refractivity contribution in [3.8, 4) is 44.5 Å². The second-order valence-corrected chi connectivity index (χ2v) is 16.8. The molecule has 0 saturated heterocycles. The van der Waals surface area contributed by atoms with Crippen molar-refractivity contribution in [3.63, 3.8) is 0 Å². The van der Waals surface area contributed by atoms with Gasteiger partial charge in [-0.1, -0.05) is 163 Å². The first kappa shape index (κ1) is 37.4. The fourth-order valence-corrected chi connectivity index (χ4v) is 9.66. The van der Waals surface area contributed by atoms with Gasteiger partial charge in [0.25, 0.3) is 0 Å². The summed E-state index contributed by atoms with van der Waals surface area (Å²) < 4.78 is 0. The highest BCUT2D eigenvalue weighted by atomic mass is 15.2. The van der Waals surface area contributed by atoms with Gasteiger partial charge in [0.05, 0.1) is 0 Å². The van der Waals surface area contributed by atoms with E-state index in [9.17, 15) is 0 Å². The summed E-state index contributed by atoms with van der Waals surface area (Å²) in [5.74, 6) is 0. The van der Waals surface area contributed by atoms with Crippen molar-refractivity contribution in [2.75, 3.05) is 10.2 Å². The van der Waals surface area contributed by atoms with Crippen LogP contribution in [0.25, 0.3) is 66.1 Å². The van der Waals surface area contributed by atoms with Crippen LogP contribution in [0.2, 0.25) is 0 Å². The minimum atomic E-state index is 0.795. The lowest BCUT2D eigenvalue weighted by Gasteiger charge is -2.37. The molecule has 0 saturated carbocycles. The predicted molar refractivity (Wildman–Crippen MR) is 268 cm³/mol. The van der Waals surface area contributed by atoms with Crippen molar-refractivity contribution >= 4 is 68.2 Å². The Labute approximate surface area is 365 Å². The third-order valence-electron chi connectivity index (χ3n) is 12.8. The second-order valence-electron chi connectivity index (χ2n) is 16.8. The topological polar surface area (TPSA) is 15.3 Å². The largest absolute Gasteiger partial charge is 0.355 e. The summed E-state index contributed by atoms with van der Waals surface area (Å²) in [4.78, 5) is 2.57. The summed E-state index contributed by atoms with van der Waals surface area (Å²) in [6.45, 7) is 6.75. The van der Waals surface area contributed by atoms with Crippen LogP contribution in [-0.4, -0.2) is 7.28 Å². The zero-order valence-corrected chi connectivity index (χ0v) is 35.3. The number of fused-ring (bicyclic) bond motifs is 4. The van der Waals surface area contributed by atoms with Crippen LogP contribution in [0.5, 0.6) is 0 Å². The van der Waals surface area contributed by atoms with E-state index in [1.165, 1.54) is 111 Å². The number of nitrogens with one attached hydrogen (secondary N) is 1. The van der Waals surface area contributed by atoms with E-state index in [0.29, 0.717) is 0 Å². The Morgan fingerprint density at radius 3 is 1.60 bits per heavy atom. The SMILES string of the molecule is Cc1ccc(-c2ccccc2)cc1N1c2cc3ccccc3cc2Bc2c(-c3cc4ccccc4cc3Nc3ccc(-c4ccccc4)cc3)cc(-c3c(C)cccc3C)cc21. The summed E-state index contributed by atoms with van der Waals surface area (Å²) in [7, 11) is 0.795. The molecule has 0 amide bonds. The summed E-state index contributed by atoms with van der Waals surface area (Å²) in [5, 5.41) is 8.84. The molecule has 0 radical (unpaired) electrons. The number of aryl methyl sites for hydroxylation is 3. The van der Waals surface area contributed by atoms with E-state index in [4.69, 9.17) is 0 Å². The molecule has 0 unspecified atom stereocenters. The van der Waals surface area contributed by atoms with Crippen molar-refractivity contribution < 1.29 is 0 Å². The van der Waals surface area contributed by atoms with Gasteiger partial charge >= 0.3 is 0 Å². The van der Waals surface area contributed by atoms with Gasteiger partial charge in [-0.15, -0.1) is 0 Å². The molecule has 0 atom stereocenters. The van der Waals surface area contributed by atoms with Crippen LogP contribution in [0.4, 0.5) is 28.4 Å². The molecule has 1 aliphatic rings. The lowest BCUT2D eigenvalue weighted by molar-refractivity contribution is 1.26. The van der Waals surface area contributed by atoms with Gasteiger partial charge in [-0.25, -0.2) is 0 Å². The van der Waals surface area contributed by atoms with Crippen molar-refractivity contribution in [1.29, 1.82) is 0 Å². The van der Waals surface area contributed by atoms with Gasteiger partial charge in [0.2, 0.25) is 0 Å². The number of benzene rings is 10. The molecule has 0 aliphatic carbocycles. The molecule has 0 fully saturated rings. The zero-order valence-electron chi connectivity index (χ0n) is 35.3. The van der Waals surface area contributed by atoms with E-state index in [2.05, 4.69) is 237 Å². The molecule has 2 nitrogen and oxygen atoms in total. The van der Waals surface area contributed by atoms with Gasteiger partial charge in [0.15, 0.2) is 7.28 Å². The quantitative estimate of drug-likeness (QED) is 0.162. The summed E-state index contributed by atoms with van der Waals surface area (Å²) in [6, 6.07) is 75.9. The predicted octanol–water partition coefficient (Wildman–Crippen LogP) is 14.5. The molecule has 3 heteroatoms. The summed E-state index contributed by atoms with van der Waals surface area (Å²) in [6.07, 6.45) is 0. The molecule has 62 heavy (non-hydrogen) atoms. The van der Waals surface area contributed by atoms with E-state index in [-0.39, 0.29) is 0 Å². The molecule has 0 aromatic heterocycles. The number of rotatable bonds is 7. The Bertz CT molecular complexity index is 3300. The zero-order chi connectivity index (χ0) is 41.7. The monoisotopic (exact) mass is 792 g/mol. The first-order valence-corrected chi connectivity index (χ1v) is 21.6. The third-order valence-corrected chi connectivity index (χ3v) is 12.8. The van der Waals surface area contributed by atoms with Crippen LogP contribution in [0.1, 0.15) is 16.7 Å². The van der Waals surface area contributed by atoms with E-state index in [1.807, 2.05) is 0 Å². The highest BCUT2D eigenvalue weighted by Gasteiger charge is 2.31. The summed E-state index contributed by atoms with van der Waals surface area (Å²) in [5.41, 5.74) is 21.9. The average molecular weight is 793 g/mol. The average Bonchev–Trinajstić information content (AvgIpc) is 3.31. The first-order chi connectivity index (χ1) is 30.4. The lowest BCUT2D eigenvalue weighted by atomic mass is 9.57. The van der Waals surface area contributed by atoms with E-state index in [1.54, 1.807) is 0 Å². The number of anilines is 5. The van der Waals surface area contributed by atoms with E-state index < -0.39 is 0 Å². The Morgan fingerprint density at radius 1 is 0.371 bits per heavy atom. The van der Waals surface area contributed by atoms with Crippen LogP contribution < -0.4 is 21.1 Å². The van der Waals surface area contributed by atoms with Crippen LogP contribution >= 0.6 is 0 Å². The van der Waals surface area contributed by atoms with Gasteiger partial charge < -0.3 is 10.2 Å². The van der Waals surface area contributed by atoms with E-state index >= 15 is 0 Å². The van der Waals surface area contributed by atoms with Crippen molar-refractivity contribution in [3.05, 3.63) is 223 Å². The van der Waals surface area contributed by atoms with Crippen molar-refractivity contribution in [1.82, 2.24) is 0 Å². The maximum absolute atomic E-state index is 3.94. The van der Waals surface area contributed by atoms with Crippen molar-refractivity contribution in [2.24, 2.45) is 0 Å². The molecule has 294 valence electrons. The maximum Gasteiger partial charge on any atom is 0.198 e. The highest BCUT2D eigenvalue weighted by Crippen LogP contribution is 2.45. The number of hydrogen-bond acceptors (Lipinski definition) is 2. The molecule has 1 N–H and O–H groups in total. The Kier molecular flexibility index (Phi) is 9.32. The fraction of sp³-hybridized carbons (Fsp3) is 0.0508. The van der Waals surface area contributed by atoms with Gasteiger partial charge in [-0.05, 0) is 152 Å². The lowest BCUT2D eigenvalue weighted by Crippen LogP contribution is -2.41. The standard InChI is InChI=1S/C59H45BN2/c1-38-25-26-48(42-19-8-5-9-20-42)35-55(38)62-56-36-47-24-13-11-22-45(47)33-53(56)60-59-52(32-49(37-57(59)62)58-39(2)15-14-16-40(58)3)51-31-44-21-10-12-23-46(44)34-54(51)61-50-29-27-43(28-30-50)41-17-6-4-7-18-41/h4-37,60-61H,1-3H3. The normalized spacial score (nSPS) is 11.9. The Balaban J connectivity index is 1.19. The molecule has 11 rings (SSSR count). The van der Waals surface area contributed by atoms with Crippen LogP contribution in [0, 0.1) is 20.8 Å². The van der Waals surface area contributed by atoms with E-state index in [0.717, 1.165) is 18.7 Å². The smallest absolute Gasteiger partial charge is 0.198 e. The van der Waals surface area contributed by atoms with Gasteiger partial charge in [-0.3, -0.25) is 0 Å². The summed E-state index contributed by atoms with van der Waals surface area (Å²) >= 11 is 0.